The topological polar surface area (TPSA) is 15.3 Å². The molecule has 0 fully saturated rings. The van der Waals surface area contributed by atoms with Gasteiger partial charge in [-0.15, -0.1) is 0 Å². The Kier molecular flexibility index (Phi) is 8.75. The summed E-state index contributed by atoms with van der Waals surface area (Å²) in [7, 11) is 0. The number of rotatable bonds is 9. The molecule has 0 aromatic rings. The quantitative estimate of drug-likeness (QED) is 0.690. The van der Waals surface area contributed by atoms with Crippen LogP contribution in [0.15, 0.2) is 0 Å². The van der Waals surface area contributed by atoms with Crippen molar-refractivity contribution in [3.63, 3.8) is 0 Å². The van der Waals surface area contributed by atoms with Crippen LogP contribution in [0.4, 0.5) is 13.2 Å². The summed E-state index contributed by atoms with van der Waals surface area (Å²) in [4.78, 5) is 1.52. The SMILES string of the molecule is CCCNC(CCN(CCC)CC(F)(F)F)C(C)(C)C. The highest BCUT2D eigenvalue weighted by molar-refractivity contribution is 4.81. The summed E-state index contributed by atoms with van der Waals surface area (Å²) < 4.78 is 37.6. The minimum absolute atomic E-state index is 0.0608. The lowest BCUT2D eigenvalue weighted by Crippen LogP contribution is -2.44. The van der Waals surface area contributed by atoms with Crippen LogP contribution in [-0.4, -0.2) is 43.3 Å². The second kappa shape index (κ2) is 8.88. The molecule has 0 aromatic carbocycles. The summed E-state index contributed by atoms with van der Waals surface area (Å²) in [5.74, 6) is 0. The monoisotopic (exact) mass is 296 g/mol. The molecule has 0 aliphatic heterocycles. The van der Waals surface area contributed by atoms with Gasteiger partial charge < -0.3 is 5.32 Å². The lowest BCUT2D eigenvalue weighted by molar-refractivity contribution is -0.146. The zero-order valence-electron chi connectivity index (χ0n) is 13.6. The maximum absolute atomic E-state index is 12.5. The summed E-state index contributed by atoms with van der Waals surface area (Å²) in [5.41, 5.74) is 0.0608. The Morgan fingerprint density at radius 2 is 1.60 bits per heavy atom. The molecule has 0 spiro atoms. The fourth-order valence-electron chi connectivity index (χ4n) is 2.31. The van der Waals surface area contributed by atoms with Gasteiger partial charge in [-0.2, -0.15) is 13.2 Å². The number of halogens is 3. The fourth-order valence-corrected chi connectivity index (χ4v) is 2.31. The van der Waals surface area contributed by atoms with Gasteiger partial charge in [-0.3, -0.25) is 4.90 Å². The van der Waals surface area contributed by atoms with Crippen LogP contribution in [-0.2, 0) is 0 Å². The van der Waals surface area contributed by atoms with E-state index in [2.05, 4.69) is 33.0 Å². The van der Waals surface area contributed by atoms with Crippen molar-refractivity contribution in [1.29, 1.82) is 0 Å². The molecule has 0 aliphatic rings. The van der Waals surface area contributed by atoms with E-state index in [0.717, 1.165) is 25.8 Å². The van der Waals surface area contributed by atoms with E-state index in [4.69, 9.17) is 0 Å². The molecule has 0 rings (SSSR count). The van der Waals surface area contributed by atoms with E-state index in [1.807, 2.05) is 6.92 Å². The zero-order valence-corrected chi connectivity index (χ0v) is 13.6. The average molecular weight is 296 g/mol. The van der Waals surface area contributed by atoms with Gasteiger partial charge in [0, 0.05) is 6.04 Å². The molecule has 5 heteroatoms. The summed E-state index contributed by atoms with van der Waals surface area (Å²) in [6.07, 6.45) is -1.57. The number of hydrogen-bond donors (Lipinski definition) is 1. The average Bonchev–Trinajstić information content (AvgIpc) is 2.25. The van der Waals surface area contributed by atoms with Crippen molar-refractivity contribution < 1.29 is 13.2 Å². The molecule has 0 aliphatic carbocycles. The summed E-state index contributed by atoms with van der Waals surface area (Å²) in [5, 5.41) is 3.46. The van der Waals surface area contributed by atoms with Crippen molar-refractivity contribution in [2.24, 2.45) is 5.41 Å². The molecule has 1 atom stereocenters. The Balaban J connectivity index is 4.45. The van der Waals surface area contributed by atoms with E-state index in [0.29, 0.717) is 13.1 Å². The van der Waals surface area contributed by atoms with Crippen molar-refractivity contribution in [1.82, 2.24) is 10.2 Å². The molecule has 1 unspecified atom stereocenters. The maximum atomic E-state index is 12.5. The standard InChI is InChI=1S/C15H31F3N2/c1-6-9-19-13(14(3,4)5)8-11-20(10-7-2)12-15(16,17)18/h13,19H,6-12H2,1-5H3. The highest BCUT2D eigenvalue weighted by atomic mass is 19.4. The van der Waals surface area contributed by atoms with E-state index in [-0.39, 0.29) is 11.5 Å². The molecule has 0 saturated carbocycles. The van der Waals surface area contributed by atoms with Gasteiger partial charge in [-0.05, 0) is 44.3 Å². The van der Waals surface area contributed by atoms with E-state index in [1.54, 1.807) is 0 Å². The van der Waals surface area contributed by atoms with E-state index < -0.39 is 12.7 Å². The lowest BCUT2D eigenvalue weighted by atomic mass is 9.84. The second-order valence-electron chi connectivity index (χ2n) is 6.55. The van der Waals surface area contributed by atoms with Crippen LogP contribution in [0.25, 0.3) is 0 Å². The first-order valence-corrected chi connectivity index (χ1v) is 7.62. The summed E-state index contributed by atoms with van der Waals surface area (Å²) in [6.45, 7) is 11.5. The van der Waals surface area contributed by atoms with Gasteiger partial charge in [0.15, 0.2) is 0 Å². The number of nitrogens with zero attached hydrogens (tertiary/aromatic N) is 1. The minimum Gasteiger partial charge on any atom is -0.313 e. The molecule has 0 aromatic heterocycles. The van der Waals surface area contributed by atoms with Crippen molar-refractivity contribution in [3.8, 4) is 0 Å². The second-order valence-corrected chi connectivity index (χ2v) is 6.55. The third-order valence-corrected chi connectivity index (χ3v) is 3.36. The normalized spacial score (nSPS) is 14.8. The van der Waals surface area contributed by atoms with Crippen molar-refractivity contribution >= 4 is 0 Å². The molecule has 0 radical (unpaired) electrons. The smallest absolute Gasteiger partial charge is 0.313 e. The van der Waals surface area contributed by atoms with Crippen LogP contribution in [0.3, 0.4) is 0 Å². The van der Waals surface area contributed by atoms with Crippen molar-refractivity contribution in [3.05, 3.63) is 0 Å². The Hall–Kier alpha value is -0.290. The van der Waals surface area contributed by atoms with Crippen LogP contribution in [0.1, 0.15) is 53.9 Å². The lowest BCUT2D eigenvalue weighted by Gasteiger charge is -2.34. The number of hydrogen-bond acceptors (Lipinski definition) is 2. The van der Waals surface area contributed by atoms with Crippen LogP contribution in [0, 0.1) is 5.41 Å². The van der Waals surface area contributed by atoms with Gasteiger partial charge in [-0.1, -0.05) is 34.6 Å². The highest BCUT2D eigenvalue weighted by Crippen LogP contribution is 2.23. The third-order valence-electron chi connectivity index (χ3n) is 3.36. The Morgan fingerprint density at radius 3 is 2.00 bits per heavy atom. The summed E-state index contributed by atoms with van der Waals surface area (Å²) in [6, 6.07) is 0.245. The highest BCUT2D eigenvalue weighted by Gasteiger charge is 2.31. The van der Waals surface area contributed by atoms with Crippen molar-refractivity contribution in [2.75, 3.05) is 26.2 Å². The van der Waals surface area contributed by atoms with Crippen LogP contribution < -0.4 is 5.32 Å². The molecule has 2 nitrogen and oxygen atoms in total. The third kappa shape index (κ3) is 9.59. The van der Waals surface area contributed by atoms with Gasteiger partial charge in [-0.25, -0.2) is 0 Å². The molecule has 0 saturated heterocycles. The van der Waals surface area contributed by atoms with E-state index >= 15 is 0 Å². The van der Waals surface area contributed by atoms with Gasteiger partial charge in [0.1, 0.15) is 0 Å². The Bertz CT molecular complexity index is 246. The van der Waals surface area contributed by atoms with E-state index in [1.165, 1.54) is 4.90 Å². The molecule has 0 heterocycles. The summed E-state index contributed by atoms with van der Waals surface area (Å²) >= 11 is 0. The number of nitrogens with one attached hydrogen (secondary N) is 1. The molecule has 20 heavy (non-hydrogen) atoms. The Labute approximate surface area is 122 Å². The van der Waals surface area contributed by atoms with Gasteiger partial charge in [0.2, 0.25) is 0 Å². The molecular formula is C15H31F3N2. The fraction of sp³-hybridized carbons (Fsp3) is 1.00. The molecule has 122 valence electrons. The van der Waals surface area contributed by atoms with Crippen molar-refractivity contribution in [2.45, 2.75) is 66.1 Å². The van der Waals surface area contributed by atoms with Crippen LogP contribution in [0.5, 0.6) is 0 Å². The first-order valence-electron chi connectivity index (χ1n) is 7.62. The van der Waals surface area contributed by atoms with E-state index in [9.17, 15) is 13.2 Å². The van der Waals surface area contributed by atoms with Gasteiger partial charge in [0.05, 0.1) is 6.54 Å². The van der Waals surface area contributed by atoms with Gasteiger partial charge >= 0.3 is 6.18 Å². The largest absolute Gasteiger partial charge is 0.401 e. The predicted molar refractivity (Wildman–Crippen MR) is 78.9 cm³/mol. The predicted octanol–water partition coefficient (Wildman–Crippen LogP) is 4.07. The molecule has 1 N–H and O–H groups in total. The first kappa shape index (κ1) is 19.7. The molecular weight excluding hydrogens is 265 g/mol. The van der Waals surface area contributed by atoms with Gasteiger partial charge in [0.25, 0.3) is 0 Å². The van der Waals surface area contributed by atoms with Crippen LogP contribution in [0.2, 0.25) is 0 Å². The maximum Gasteiger partial charge on any atom is 0.401 e. The number of alkyl halides is 3. The minimum atomic E-state index is -4.11. The molecule has 0 amide bonds. The molecule has 0 bridgehead atoms. The first-order chi connectivity index (χ1) is 9.10. The Morgan fingerprint density at radius 1 is 1.00 bits per heavy atom. The zero-order chi connectivity index (χ0) is 15.8. The van der Waals surface area contributed by atoms with Crippen LogP contribution >= 0.6 is 0 Å².